The van der Waals surface area contributed by atoms with Crippen LogP contribution in [0.3, 0.4) is 0 Å². The van der Waals surface area contributed by atoms with Crippen molar-refractivity contribution in [2.45, 2.75) is 85.9 Å². The number of aromatic hydroxyl groups is 1. The van der Waals surface area contributed by atoms with E-state index >= 15 is 0 Å². The molecule has 0 amide bonds. The number of methoxy groups -OCH3 is 1. The molecule has 9 nitrogen and oxygen atoms in total. The SMILES string of the molecule is CCCCCC(CC)CNc1nnc(-c2ccc(OC(F)(F)F)cc2O)c(CCCOC)c1C(=O)C(C)C.CCOC=O. The van der Waals surface area contributed by atoms with Crippen molar-refractivity contribution in [1.82, 2.24) is 10.2 Å². The van der Waals surface area contributed by atoms with Crippen LogP contribution in [0.4, 0.5) is 19.0 Å². The zero-order valence-corrected chi connectivity index (χ0v) is 26.1. The van der Waals surface area contributed by atoms with E-state index in [1.807, 2.05) is 0 Å². The number of benzene rings is 1. The van der Waals surface area contributed by atoms with Crippen molar-refractivity contribution in [1.29, 1.82) is 0 Å². The Balaban J connectivity index is 0.00000170. The number of halogens is 3. The van der Waals surface area contributed by atoms with Crippen molar-refractivity contribution in [3.63, 3.8) is 0 Å². The largest absolute Gasteiger partial charge is 0.573 e. The minimum absolute atomic E-state index is 0.133. The van der Waals surface area contributed by atoms with Gasteiger partial charge in [-0.3, -0.25) is 9.59 Å². The molecule has 12 heteroatoms. The van der Waals surface area contributed by atoms with Crippen molar-refractivity contribution in [2.24, 2.45) is 11.8 Å². The van der Waals surface area contributed by atoms with E-state index < -0.39 is 17.9 Å². The average Bonchev–Trinajstić information content (AvgIpc) is 2.95. The molecule has 0 saturated heterocycles. The number of alkyl halides is 3. The number of phenols is 1. The van der Waals surface area contributed by atoms with E-state index in [1.165, 1.54) is 12.5 Å². The first-order chi connectivity index (χ1) is 20.4. The summed E-state index contributed by atoms with van der Waals surface area (Å²) in [5.74, 6) is -0.696. The van der Waals surface area contributed by atoms with E-state index in [-0.39, 0.29) is 23.0 Å². The van der Waals surface area contributed by atoms with Crippen LogP contribution in [0, 0.1) is 11.8 Å². The topological polar surface area (TPSA) is 120 Å². The Morgan fingerprint density at radius 1 is 1.12 bits per heavy atom. The fraction of sp³-hybridized carbons (Fsp3) is 0.613. The third-order valence-electron chi connectivity index (χ3n) is 6.66. The van der Waals surface area contributed by atoms with Crippen molar-refractivity contribution in [3.05, 3.63) is 29.3 Å². The summed E-state index contributed by atoms with van der Waals surface area (Å²) in [6.07, 6.45) is 1.57. The summed E-state index contributed by atoms with van der Waals surface area (Å²) < 4.78 is 51.2. The average molecular weight is 614 g/mol. The highest BCUT2D eigenvalue weighted by molar-refractivity contribution is 6.04. The lowest BCUT2D eigenvalue weighted by molar-refractivity contribution is -0.274. The Morgan fingerprint density at radius 2 is 1.84 bits per heavy atom. The molecule has 43 heavy (non-hydrogen) atoms. The van der Waals surface area contributed by atoms with Gasteiger partial charge in [-0.2, -0.15) is 0 Å². The second-order valence-electron chi connectivity index (χ2n) is 10.3. The molecule has 1 unspecified atom stereocenters. The lowest BCUT2D eigenvalue weighted by atomic mass is 9.91. The Morgan fingerprint density at radius 3 is 2.35 bits per heavy atom. The van der Waals surface area contributed by atoms with Crippen molar-refractivity contribution >= 4 is 18.1 Å². The van der Waals surface area contributed by atoms with Gasteiger partial charge in [0.05, 0.1) is 12.2 Å². The molecule has 0 aliphatic rings. The predicted molar refractivity (Wildman–Crippen MR) is 159 cm³/mol. The molecule has 242 valence electrons. The summed E-state index contributed by atoms with van der Waals surface area (Å²) in [5, 5.41) is 22.7. The van der Waals surface area contributed by atoms with E-state index in [9.17, 15) is 27.9 Å². The summed E-state index contributed by atoms with van der Waals surface area (Å²) >= 11 is 0. The van der Waals surface area contributed by atoms with Crippen LogP contribution in [0.1, 0.15) is 89.1 Å². The number of Topliss-reactive ketones (excluding diaryl/α,β-unsaturated/α-hetero) is 1. The Kier molecular flexibility index (Phi) is 17.2. The first kappa shape index (κ1) is 37.6. The third kappa shape index (κ3) is 13.2. The molecule has 1 atom stereocenters. The fourth-order valence-corrected chi connectivity index (χ4v) is 4.35. The molecule has 0 spiro atoms. The zero-order chi connectivity index (χ0) is 32.4. The number of phenolic OH excluding ortho intramolecular Hbond substituents is 1. The number of carbonyl (C=O) groups excluding carboxylic acids is 2. The maximum absolute atomic E-state index is 13.5. The van der Waals surface area contributed by atoms with Crippen molar-refractivity contribution in [3.8, 4) is 22.8 Å². The van der Waals surface area contributed by atoms with Gasteiger partial charge in [-0.15, -0.1) is 23.4 Å². The van der Waals surface area contributed by atoms with E-state index in [0.29, 0.717) is 61.9 Å². The smallest absolute Gasteiger partial charge is 0.507 e. The highest BCUT2D eigenvalue weighted by Gasteiger charge is 2.32. The lowest BCUT2D eigenvalue weighted by Crippen LogP contribution is -2.21. The number of rotatable bonds is 18. The number of nitrogens with zero attached hydrogens (tertiary/aromatic N) is 2. The minimum atomic E-state index is -4.89. The molecule has 1 heterocycles. The number of nitrogens with one attached hydrogen (secondary N) is 1. The molecule has 2 aromatic rings. The molecular weight excluding hydrogens is 567 g/mol. The summed E-state index contributed by atoms with van der Waals surface area (Å²) in [6.45, 7) is 11.6. The van der Waals surface area contributed by atoms with Crippen molar-refractivity contribution < 1.29 is 42.1 Å². The number of ketones is 1. The second kappa shape index (κ2) is 19.7. The molecule has 2 rings (SSSR count). The fourth-order valence-electron chi connectivity index (χ4n) is 4.35. The Hall–Kier alpha value is -3.41. The van der Waals surface area contributed by atoms with Crippen LogP contribution in [0.25, 0.3) is 11.3 Å². The monoisotopic (exact) mass is 613 g/mol. The first-order valence-electron chi connectivity index (χ1n) is 14.7. The third-order valence-corrected chi connectivity index (χ3v) is 6.66. The molecule has 0 saturated carbocycles. The van der Waals surface area contributed by atoms with Crippen LogP contribution in [0.2, 0.25) is 0 Å². The summed E-state index contributed by atoms with van der Waals surface area (Å²) in [6, 6.07) is 3.26. The quantitative estimate of drug-likeness (QED) is 0.101. The van der Waals surface area contributed by atoms with Crippen LogP contribution in [0.5, 0.6) is 11.5 Å². The molecule has 0 bridgehead atoms. The number of anilines is 1. The summed E-state index contributed by atoms with van der Waals surface area (Å²) in [7, 11) is 1.58. The summed E-state index contributed by atoms with van der Waals surface area (Å²) in [5.41, 5.74) is 1.35. The number of hydrogen-bond donors (Lipinski definition) is 2. The van der Waals surface area contributed by atoms with Gasteiger partial charge in [0.1, 0.15) is 17.2 Å². The second-order valence-corrected chi connectivity index (χ2v) is 10.3. The lowest BCUT2D eigenvalue weighted by Gasteiger charge is -2.21. The number of unbranched alkanes of at least 4 members (excludes halogenated alkanes) is 2. The van der Waals surface area contributed by atoms with Crippen molar-refractivity contribution in [2.75, 3.05) is 32.2 Å². The molecule has 2 N–H and O–H groups in total. The molecular formula is C31H46F3N3O6. The Labute approximate surface area is 252 Å². The van der Waals surface area contributed by atoms with Gasteiger partial charge in [-0.05, 0) is 49.8 Å². The van der Waals surface area contributed by atoms with Crippen LogP contribution < -0.4 is 10.1 Å². The van der Waals surface area contributed by atoms with Gasteiger partial charge in [0.25, 0.3) is 6.47 Å². The number of hydrogen-bond acceptors (Lipinski definition) is 9. The van der Waals surface area contributed by atoms with Crippen LogP contribution in [-0.2, 0) is 20.7 Å². The Bertz CT molecular complexity index is 1130. The highest BCUT2D eigenvalue weighted by atomic mass is 19.4. The maximum Gasteiger partial charge on any atom is 0.573 e. The van der Waals surface area contributed by atoms with Gasteiger partial charge < -0.3 is 24.6 Å². The normalized spacial score (nSPS) is 11.9. The van der Waals surface area contributed by atoms with E-state index in [0.717, 1.165) is 37.8 Å². The number of aromatic nitrogens is 2. The molecule has 0 aliphatic heterocycles. The molecule has 1 aromatic heterocycles. The highest BCUT2D eigenvalue weighted by Crippen LogP contribution is 2.38. The first-order valence-corrected chi connectivity index (χ1v) is 14.7. The summed E-state index contributed by atoms with van der Waals surface area (Å²) in [4.78, 5) is 22.7. The molecule has 0 aliphatic carbocycles. The maximum atomic E-state index is 13.5. The van der Waals surface area contributed by atoms with Gasteiger partial charge in [0, 0.05) is 37.8 Å². The van der Waals surface area contributed by atoms with E-state index in [4.69, 9.17) is 4.74 Å². The van der Waals surface area contributed by atoms with Crippen LogP contribution in [-0.4, -0.2) is 60.8 Å². The standard InChI is InChI=1S/C28H40F3N3O4.C3H6O2/c1-6-8-9-11-19(7-2)17-32-27-24(26(36)18(3)4)22(12-10-15-37-5)25(33-34-27)21-14-13-20(16-23(21)35)38-28(29,30)31;1-2-5-3-4/h13-14,16,18-19,35H,6-12,15,17H2,1-5H3,(H,32,34);3H,2H2,1H3. The van der Waals surface area contributed by atoms with Gasteiger partial charge in [0.2, 0.25) is 0 Å². The van der Waals surface area contributed by atoms with E-state index in [1.54, 1.807) is 27.9 Å². The van der Waals surface area contributed by atoms with Gasteiger partial charge in [0.15, 0.2) is 11.6 Å². The number of ether oxygens (including phenoxy) is 3. The molecule has 1 aromatic carbocycles. The van der Waals surface area contributed by atoms with E-state index in [2.05, 4.69) is 38.8 Å². The van der Waals surface area contributed by atoms with Gasteiger partial charge >= 0.3 is 6.36 Å². The van der Waals surface area contributed by atoms with Crippen LogP contribution in [0.15, 0.2) is 18.2 Å². The number of carbonyl (C=O) groups is 2. The molecule has 0 radical (unpaired) electrons. The minimum Gasteiger partial charge on any atom is -0.507 e. The predicted octanol–water partition coefficient (Wildman–Crippen LogP) is 7.36. The van der Waals surface area contributed by atoms with Gasteiger partial charge in [-0.25, -0.2) is 0 Å². The van der Waals surface area contributed by atoms with Crippen LogP contribution >= 0.6 is 0 Å². The zero-order valence-electron chi connectivity index (χ0n) is 26.1. The van der Waals surface area contributed by atoms with Gasteiger partial charge in [-0.1, -0.05) is 53.4 Å². The molecule has 0 fully saturated rings.